The zero-order valence-electron chi connectivity index (χ0n) is 19.2. The van der Waals surface area contributed by atoms with Crippen molar-refractivity contribution < 1.29 is 9.90 Å². The van der Waals surface area contributed by atoms with Crippen LogP contribution in [0.3, 0.4) is 0 Å². The van der Waals surface area contributed by atoms with Crippen molar-refractivity contribution in [3.05, 3.63) is 76.4 Å². The maximum Gasteiger partial charge on any atom is 0.251 e. The second kappa shape index (κ2) is 11.8. The van der Waals surface area contributed by atoms with Gasteiger partial charge < -0.3 is 21.5 Å². The number of aromatic nitrogens is 4. The van der Waals surface area contributed by atoms with Crippen LogP contribution >= 0.6 is 11.3 Å². The van der Waals surface area contributed by atoms with E-state index in [9.17, 15) is 4.79 Å². The van der Waals surface area contributed by atoms with E-state index in [1.54, 1.807) is 25.4 Å². The molecule has 2 heterocycles. The zero-order chi connectivity index (χ0) is 24.5. The van der Waals surface area contributed by atoms with Gasteiger partial charge in [0.1, 0.15) is 10.8 Å². The predicted molar refractivity (Wildman–Crippen MR) is 135 cm³/mol. The summed E-state index contributed by atoms with van der Waals surface area (Å²) in [5.74, 6) is 0.572. The topological polar surface area (TPSA) is 139 Å². The summed E-state index contributed by atoms with van der Waals surface area (Å²) in [5.41, 5.74) is 10.1. The van der Waals surface area contributed by atoms with Crippen molar-refractivity contribution in [1.29, 1.82) is 0 Å². The van der Waals surface area contributed by atoms with Gasteiger partial charge >= 0.3 is 0 Å². The number of benzene rings is 2. The molecule has 0 saturated carbocycles. The fourth-order valence-corrected chi connectivity index (χ4v) is 3.77. The highest BCUT2D eigenvalue weighted by Gasteiger charge is 2.12. The Labute approximate surface area is 202 Å². The lowest BCUT2D eigenvalue weighted by Gasteiger charge is -2.10. The molecule has 0 atom stereocenters. The molecule has 0 aliphatic rings. The van der Waals surface area contributed by atoms with Crippen LogP contribution in [0.2, 0.25) is 0 Å². The van der Waals surface area contributed by atoms with Crippen molar-refractivity contribution in [2.24, 2.45) is 0 Å². The Morgan fingerprint density at radius 3 is 2.47 bits per heavy atom. The zero-order valence-corrected chi connectivity index (χ0v) is 20.1. The molecule has 4 rings (SSSR count). The maximum atomic E-state index is 11.7. The summed E-state index contributed by atoms with van der Waals surface area (Å²) in [5, 5.41) is 23.8. The number of hydrogen-bond donors (Lipinski definition) is 4. The summed E-state index contributed by atoms with van der Waals surface area (Å²) < 4.78 is 0. The Kier molecular flexibility index (Phi) is 8.60. The standard InChI is InChI=1S/C16H17N7OS.C8H10O/c1-8-6-10(4-5-11(8)14(24)18-3)20-16-19-7-12(13(17)21-16)15-23-22-9(2)25-15;9-7-6-8-4-2-1-3-5-8/h4-7H,1-3H3,(H,18,24)(H3,17,19,20,21);1-5,9H,6-7H2. The highest BCUT2D eigenvalue weighted by atomic mass is 32.1. The van der Waals surface area contributed by atoms with Gasteiger partial charge in [-0.05, 0) is 49.6 Å². The molecule has 176 valence electrons. The average molecular weight is 478 g/mol. The molecule has 0 saturated heterocycles. The molecule has 5 N–H and O–H groups in total. The van der Waals surface area contributed by atoms with Gasteiger partial charge in [0.15, 0.2) is 5.01 Å². The van der Waals surface area contributed by atoms with Gasteiger partial charge in [-0.2, -0.15) is 4.98 Å². The van der Waals surface area contributed by atoms with Gasteiger partial charge in [-0.1, -0.05) is 41.7 Å². The summed E-state index contributed by atoms with van der Waals surface area (Å²) in [6.45, 7) is 3.98. The Balaban J connectivity index is 0.000000302. The van der Waals surface area contributed by atoms with E-state index in [0.717, 1.165) is 22.7 Å². The maximum absolute atomic E-state index is 11.7. The van der Waals surface area contributed by atoms with Crippen LogP contribution in [-0.2, 0) is 6.42 Å². The van der Waals surface area contributed by atoms with Gasteiger partial charge in [-0.3, -0.25) is 4.79 Å². The third-order valence-electron chi connectivity index (χ3n) is 4.77. The van der Waals surface area contributed by atoms with Gasteiger partial charge in [0.05, 0.1) is 5.56 Å². The first-order valence-electron chi connectivity index (χ1n) is 10.6. The first kappa shape index (κ1) is 24.7. The molecular weight excluding hydrogens is 450 g/mol. The lowest BCUT2D eigenvalue weighted by Crippen LogP contribution is -2.18. The number of aryl methyl sites for hydroxylation is 2. The fourth-order valence-electron chi connectivity index (χ4n) is 3.06. The number of nitrogens with one attached hydrogen (secondary N) is 2. The molecule has 0 aliphatic carbocycles. The highest BCUT2D eigenvalue weighted by molar-refractivity contribution is 7.14. The lowest BCUT2D eigenvalue weighted by atomic mass is 10.1. The van der Waals surface area contributed by atoms with Crippen molar-refractivity contribution in [3.8, 4) is 10.6 Å². The molecule has 2 aromatic carbocycles. The van der Waals surface area contributed by atoms with Crippen molar-refractivity contribution in [3.63, 3.8) is 0 Å². The number of rotatable bonds is 6. The molecule has 2 aromatic heterocycles. The summed E-state index contributed by atoms with van der Waals surface area (Å²) in [4.78, 5) is 20.3. The lowest BCUT2D eigenvalue weighted by molar-refractivity contribution is 0.0962. The third-order valence-corrected chi connectivity index (χ3v) is 5.64. The predicted octanol–water partition coefficient (Wildman–Crippen LogP) is 3.52. The monoisotopic (exact) mass is 477 g/mol. The van der Waals surface area contributed by atoms with Crippen LogP contribution in [0.15, 0.2) is 54.7 Å². The second-order valence-electron chi connectivity index (χ2n) is 7.31. The smallest absolute Gasteiger partial charge is 0.251 e. The Morgan fingerprint density at radius 1 is 1.12 bits per heavy atom. The van der Waals surface area contributed by atoms with Crippen LogP contribution in [-0.4, -0.2) is 44.8 Å². The first-order chi connectivity index (χ1) is 16.4. The van der Waals surface area contributed by atoms with Crippen molar-refractivity contribution >= 4 is 34.7 Å². The Morgan fingerprint density at radius 2 is 1.88 bits per heavy atom. The van der Waals surface area contributed by atoms with Crippen LogP contribution in [0.5, 0.6) is 0 Å². The largest absolute Gasteiger partial charge is 0.396 e. The molecule has 0 unspecified atom stereocenters. The molecule has 0 bridgehead atoms. The van der Waals surface area contributed by atoms with Gasteiger partial charge in [0, 0.05) is 31.1 Å². The number of nitrogens with two attached hydrogens (primary N) is 1. The van der Waals surface area contributed by atoms with Gasteiger partial charge in [-0.25, -0.2) is 4.98 Å². The number of anilines is 3. The molecule has 4 aromatic rings. The second-order valence-corrected chi connectivity index (χ2v) is 8.49. The molecular formula is C24H27N7O2S. The first-order valence-corrected chi connectivity index (χ1v) is 11.4. The normalized spacial score (nSPS) is 10.2. The number of nitrogens with zero attached hydrogens (tertiary/aromatic N) is 4. The van der Waals surface area contributed by atoms with E-state index < -0.39 is 0 Å². The SMILES string of the molecule is CNC(=O)c1ccc(Nc2ncc(-c3nnc(C)s3)c(N)n2)cc1C.OCCc1ccccc1. The van der Waals surface area contributed by atoms with E-state index >= 15 is 0 Å². The number of aliphatic hydroxyl groups is 1. The quantitative estimate of drug-likeness (QED) is 0.331. The summed E-state index contributed by atoms with van der Waals surface area (Å²) in [6, 6.07) is 15.3. The summed E-state index contributed by atoms with van der Waals surface area (Å²) >= 11 is 1.43. The van der Waals surface area contributed by atoms with E-state index in [2.05, 4.69) is 30.8 Å². The third kappa shape index (κ3) is 6.56. The molecule has 9 nitrogen and oxygen atoms in total. The molecule has 1 amide bonds. The van der Waals surface area contributed by atoms with E-state index in [1.807, 2.05) is 50.2 Å². The van der Waals surface area contributed by atoms with Crippen LogP contribution in [0.25, 0.3) is 10.6 Å². The molecule has 0 aliphatic heterocycles. The van der Waals surface area contributed by atoms with E-state index in [-0.39, 0.29) is 12.5 Å². The Hall–Kier alpha value is -3.89. The summed E-state index contributed by atoms with van der Waals surface area (Å²) in [7, 11) is 1.60. The van der Waals surface area contributed by atoms with Crippen molar-refractivity contribution in [2.45, 2.75) is 20.3 Å². The van der Waals surface area contributed by atoms with Crippen LogP contribution in [0.1, 0.15) is 26.5 Å². The number of carbonyl (C=O) groups is 1. The van der Waals surface area contributed by atoms with Gasteiger partial charge in [-0.15, -0.1) is 10.2 Å². The highest BCUT2D eigenvalue weighted by Crippen LogP contribution is 2.28. The summed E-state index contributed by atoms with van der Waals surface area (Å²) in [6.07, 6.45) is 2.39. The fraction of sp³-hybridized carbons (Fsp3) is 0.208. The van der Waals surface area contributed by atoms with E-state index in [4.69, 9.17) is 10.8 Å². The van der Waals surface area contributed by atoms with E-state index in [0.29, 0.717) is 27.9 Å². The van der Waals surface area contributed by atoms with Crippen molar-refractivity contribution in [1.82, 2.24) is 25.5 Å². The number of carbonyl (C=O) groups excluding carboxylic acids is 1. The number of hydrogen-bond acceptors (Lipinski definition) is 9. The molecule has 10 heteroatoms. The minimum absolute atomic E-state index is 0.124. The minimum atomic E-state index is -0.124. The van der Waals surface area contributed by atoms with Crippen LogP contribution in [0.4, 0.5) is 17.5 Å². The molecule has 34 heavy (non-hydrogen) atoms. The molecule has 0 radical (unpaired) electrons. The van der Waals surface area contributed by atoms with E-state index in [1.165, 1.54) is 16.9 Å². The van der Waals surface area contributed by atoms with Gasteiger partial charge in [0.25, 0.3) is 5.91 Å². The number of nitrogen functional groups attached to an aromatic ring is 1. The van der Waals surface area contributed by atoms with Gasteiger partial charge in [0.2, 0.25) is 5.95 Å². The minimum Gasteiger partial charge on any atom is -0.396 e. The van der Waals surface area contributed by atoms with Crippen LogP contribution < -0.4 is 16.4 Å². The Bertz CT molecular complexity index is 1250. The number of aliphatic hydroxyl groups excluding tert-OH is 1. The van der Waals surface area contributed by atoms with Crippen LogP contribution in [0, 0.1) is 13.8 Å². The average Bonchev–Trinajstić information content (AvgIpc) is 3.26. The molecule has 0 spiro atoms. The molecule has 0 fully saturated rings. The number of amides is 1. The van der Waals surface area contributed by atoms with Crippen molar-refractivity contribution in [2.75, 3.05) is 24.7 Å².